The van der Waals surface area contributed by atoms with Gasteiger partial charge in [0.05, 0.1) is 19.9 Å². The second-order valence-electron chi connectivity index (χ2n) is 3.94. The lowest BCUT2D eigenvalue weighted by atomic mass is 10.1. The first-order chi connectivity index (χ1) is 9.35. The van der Waals surface area contributed by atoms with Crippen LogP contribution in [0.3, 0.4) is 0 Å². The van der Waals surface area contributed by atoms with Crippen LogP contribution in [0.25, 0.3) is 11.1 Å². The number of ether oxygens (including phenoxy) is 3. The number of pyridine rings is 1. The molecular formula is C15H17NO3. The predicted octanol–water partition coefficient (Wildman–Crippen LogP) is 2.78. The summed E-state index contributed by atoms with van der Waals surface area (Å²) < 4.78 is 15.8. The van der Waals surface area contributed by atoms with E-state index in [0.717, 1.165) is 22.6 Å². The van der Waals surface area contributed by atoms with E-state index in [4.69, 9.17) is 14.2 Å². The first-order valence-electron chi connectivity index (χ1n) is 6.05. The van der Waals surface area contributed by atoms with Gasteiger partial charge < -0.3 is 14.2 Å². The third-order valence-electron chi connectivity index (χ3n) is 2.73. The Morgan fingerprint density at radius 3 is 2.47 bits per heavy atom. The molecule has 0 amide bonds. The summed E-state index contributed by atoms with van der Waals surface area (Å²) in [4.78, 5) is 4.05. The Bertz CT molecular complexity index is 511. The van der Waals surface area contributed by atoms with Gasteiger partial charge in [-0.05, 0) is 23.8 Å². The van der Waals surface area contributed by atoms with E-state index in [1.54, 1.807) is 26.6 Å². The van der Waals surface area contributed by atoms with Gasteiger partial charge in [-0.15, -0.1) is 0 Å². The molecule has 0 saturated heterocycles. The Hall–Kier alpha value is -2.07. The Morgan fingerprint density at radius 1 is 1.00 bits per heavy atom. The molecule has 4 nitrogen and oxygen atoms in total. The fraction of sp³-hybridized carbons (Fsp3) is 0.267. The predicted molar refractivity (Wildman–Crippen MR) is 73.6 cm³/mol. The van der Waals surface area contributed by atoms with Crippen LogP contribution in [-0.4, -0.2) is 32.4 Å². The van der Waals surface area contributed by atoms with E-state index in [1.807, 2.05) is 30.3 Å². The number of benzene rings is 1. The van der Waals surface area contributed by atoms with Gasteiger partial charge >= 0.3 is 0 Å². The summed E-state index contributed by atoms with van der Waals surface area (Å²) in [6.45, 7) is 1.13. The molecule has 0 saturated carbocycles. The van der Waals surface area contributed by atoms with E-state index in [1.165, 1.54) is 0 Å². The Labute approximate surface area is 113 Å². The van der Waals surface area contributed by atoms with Gasteiger partial charge in [-0.3, -0.25) is 4.98 Å². The molecule has 0 radical (unpaired) electrons. The van der Waals surface area contributed by atoms with E-state index < -0.39 is 0 Å². The second kappa shape index (κ2) is 6.75. The minimum Gasteiger partial charge on any atom is -0.494 e. The van der Waals surface area contributed by atoms with E-state index >= 15 is 0 Å². The fourth-order valence-corrected chi connectivity index (χ4v) is 1.75. The molecule has 1 heterocycles. The highest BCUT2D eigenvalue weighted by atomic mass is 16.5. The van der Waals surface area contributed by atoms with Crippen LogP contribution in [0.15, 0.2) is 42.7 Å². The molecule has 2 aromatic rings. The zero-order valence-electron chi connectivity index (χ0n) is 11.1. The van der Waals surface area contributed by atoms with Gasteiger partial charge in [0, 0.05) is 18.9 Å². The summed E-state index contributed by atoms with van der Waals surface area (Å²) in [5, 5.41) is 0. The molecule has 4 heteroatoms. The molecule has 1 aromatic carbocycles. The van der Waals surface area contributed by atoms with Crippen molar-refractivity contribution in [2.45, 2.75) is 0 Å². The van der Waals surface area contributed by atoms with E-state index in [9.17, 15) is 0 Å². The Kier molecular flexibility index (Phi) is 4.75. The van der Waals surface area contributed by atoms with Crippen LogP contribution < -0.4 is 9.47 Å². The van der Waals surface area contributed by atoms with Crippen molar-refractivity contribution in [1.82, 2.24) is 4.98 Å². The minimum atomic E-state index is 0.550. The van der Waals surface area contributed by atoms with Crippen molar-refractivity contribution in [3.8, 4) is 22.6 Å². The zero-order valence-corrected chi connectivity index (χ0v) is 11.1. The summed E-state index contributed by atoms with van der Waals surface area (Å²) in [6, 6.07) is 9.80. The zero-order chi connectivity index (χ0) is 13.5. The van der Waals surface area contributed by atoms with Crippen molar-refractivity contribution >= 4 is 0 Å². The molecule has 1 aromatic heterocycles. The number of hydrogen-bond donors (Lipinski definition) is 0. The third kappa shape index (κ3) is 3.45. The number of hydrogen-bond acceptors (Lipinski definition) is 4. The largest absolute Gasteiger partial charge is 0.494 e. The topological polar surface area (TPSA) is 40.6 Å². The summed E-state index contributed by atoms with van der Waals surface area (Å²) in [5.74, 6) is 1.59. The maximum Gasteiger partial charge on any atom is 0.144 e. The molecule has 0 unspecified atom stereocenters. The molecule has 0 N–H and O–H groups in total. The molecular weight excluding hydrogens is 242 g/mol. The molecule has 0 spiro atoms. The van der Waals surface area contributed by atoms with Gasteiger partial charge in [0.15, 0.2) is 0 Å². The van der Waals surface area contributed by atoms with Crippen LogP contribution >= 0.6 is 0 Å². The highest BCUT2D eigenvalue weighted by Gasteiger charge is 2.05. The highest BCUT2D eigenvalue weighted by molar-refractivity contribution is 5.70. The smallest absolute Gasteiger partial charge is 0.144 e. The lowest BCUT2D eigenvalue weighted by molar-refractivity contribution is 0.146. The number of rotatable bonds is 6. The van der Waals surface area contributed by atoms with Gasteiger partial charge in [0.25, 0.3) is 0 Å². The number of methoxy groups -OCH3 is 2. The molecule has 100 valence electrons. The first kappa shape index (κ1) is 13.4. The molecule has 0 fully saturated rings. The van der Waals surface area contributed by atoms with E-state index in [2.05, 4.69) is 4.98 Å². The molecule has 0 aliphatic rings. The Morgan fingerprint density at radius 2 is 1.79 bits per heavy atom. The summed E-state index contributed by atoms with van der Waals surface area (Å²) in [7, 11) is 3.30. The van der Waals surface area contributed by atoms with Crippen molar-refractivity contribution < 1.29 is 14.2 Å². The fourth-order valence-electron chi connectivity index (χ4n) is 1.75. The lowest BCUT2D eigenvalue weighted by Crippen LogP contribution is -2.03. The first-order valence-corrected chi connectivity index (χ1v) is 6.05. The summed E-state index contributed by atoms with van der Waals surface area (Å²) in [6.07, 6.45) is 3.46. The maximum absolute atomic E-state index is 5.53. The van der Waals surface area contributed by atoms with E-state index in [0.29, 0.717) is 13.2 Å². The number of nitrogens with zero attached hydrogens (tertiary/aromatic N) is 1. The van der Waals surface area contributed by atoms with Crippen LogP contribution in [-0.2, 0) is 4.74 Å². The van der Waals surface area contributed by atoms with E-state index in [-0.39, 0.29) is 0 Å². The van der Waals surface area contributed by atoms with Gasteiger partial charge in [0.1, 0.15) is 18.1 Å². The molecule has 2 rings (SSSR count). The van der Waals surface area contributed by atoms with Crippen molar-refractivity contribution in [1.29, 1.82) is 0 Å². The van der Waals surface area contributed by atoms with Crippen LogP contribution in [0.5, 0.6) is 11.5 Å². The van der Waals surface area contributed by atoms with Crippen LogP contribution in [0.4, 0.5) is 0 Å². The van der Waals surface area contributed by atoms with Crippen molar-refractivity contribution in [3.05, 3.63) is 42.7 Å². The van der Waals surface area contributed by atoms with Crippen LogP contribution in [0, 0.1) is 0 Å². The Balaban J connectivity index is 2.13. The van der Waals surface area contributed by atoms with Crippen molar-refractivity contribution in [3.63, 3.8) is 0 Å². The quantitative estimate of drug-likeness (QED) is 0.748. The van der Waals surface area contributed by atoms with Crippen molar-refractivity contribution in [2.24, 2.45) is 0 Å². The molecule has 0 atom stereocenters. The molecule has 0 aliphatic heterocycles. The second-order valence-corrected chi connectivity index (χ2v) is 3.94. The van der Waals surface area contributed by atoms with Crippen LogP contribution in [0.1, 0.15) is 0 Å². The number of aromatic nitrogens is 1. The highest BCUT2D eigenvalue weighted by Crippen LogP contribution is 2.29. The SMILES string of the molecule is COCCOc1ccc(-c2ccncc2OC)cc1. The lowest BCUT2D eigenvalue weighted by Gasteiger charge is -2.09. The van der Waals surface area contributed by atoms with Crippen molar-refractivity contribution in [2.75, 3.05) is 27.4 Å². The van der Waals surface area contributed by atoms with Gasteiger partial charge in [0.2, 0.25) is 0 Å². The maximum atomic E-state index is 5.53. The van der Waals surface area contributed by atoms with Gasteiger partial charge in [-0.1, -0.05) is 12.1 Å². The van der Waals surface area contributed by atoms with Crippen LogP contribution in [0.2, 0.25) is 0 Å². The summed E-state index contributed by atoms with van der Waals surface area (Å²) >= 11 is 0. The molecule has 0 bridgehead atoms. The average Bonchev–Trinajstić information content (AvgIpc) is 2.48. The standard InChI is InChI=1S/C15H17NO3/c1-17-9-10-19-13-5-3-12(4-6-13)14-7-8-16-11-15(14)18-2/h3-8,11H,9-10H2,1-2H3. The average molecular weight is 259 g/mol. The monoisotopic (exact) mass is 259 g/mol. The molecule has 0 aliphatic carbocycles. The van der Waals surface area contributed by atoms with Gasteiger partial charge in [-0.25, -0.2) is 0 Å². The summed E-state index contributed by atoms with van der Waals surface area (Å²) in [5.41, 5.74) is 2.08. The normalized spacial score (nSPS) is 10.2. The third-order valence-corrected chi connectivity index (χ3v) is 2.73. The van der Waals surface area contributed by atoms with Gasteiger partial charge in [-0.2, -0.15) is 0 Å². The minimum absolute atomic E-state index is 0.550. The molecule has 19 heavy (non-hydrogen) atoms.